The largest absolute Gasteiger partial charge is 0.354 e. The molecule has 0 aliphatic carbocycles. The first-order valence-electron chi connectivity index (χ1n) is 2.62. The third-order valence-corrected chi connectivity index (χ3v) is 0.774. The highest BCUT2D eigenvalue weighted by Gasteiger charge is 1.97. The molecular formula is C6H10N2O. The molecule has 50 valence electrons. The second-order valence-electron chi connectivity index (χ2n) is 1.41. The van der Waals surface area contributed by atoms with Gasteiger partial charge in [0.25, 0.3) is 5.91 Å². The normalized spacial score (nSPS) is 9.56. The van der Waals surface area contributed by atoms with Gasteiger partial charge in [0.05, 0.1) is 0 Å². The van der Waals surface area contributed by atoms with Crippen LogP contribution in [-0.4, -0.2) is 19.2 Å². The van der Waals surface area contributed by atoms with Crippen LogP contribution in [-0.2, 0) is 4.79 Å². The van der Waals surface area contributed by atoms with Gasteiger partial charge in [-0.25, -0.2) is 0 Å². The summed E-state index contributed by atoms with van der Waals surface area (Å²) in [6.45, 7) is 5.14. The maximum atomic E-state index is 10.6. The lowest BCUT2D eigenvalue weighted by molar-refractivity contribution is -0.117. The van der Waals surface area contributed by atoms with E-state index in [9.17, 15) is 4.79 Å². The second kappa shape index (κ2) is 3.83. The van der Waals surface area contributed by atoms with Crippen molar-refractivity contribution in [1.82, 2.24) is 5.32 Å². The number of carbonyl (C=O) groups is 1. The van der Waals surface area contributed by atoms with Gasteiger partial charge in [0.1, 0.15) is 5.70 Å². The van der Waals surface area contributed by atoms with Crippen LogP contribution in [0.4, 0.5) is 0 Å². The fourth-order valence-electron chi connectivity index (χ4n) is 0.359. The van der Waals surface area contributed by atoms with Gasteiger partial charge in [0.2, 0.25) is 0 Å². The van der Waals surface area contributed by atoms with Crippen molar-refractivity contribution in [1.29, 1.82) is 0 Å². The average molecular weight is 126 g/mol. The Balaban J connectivity index is 3.89. The molecule has 0 saturated heterocycles. The molecule has 0 radical (unpaired) electrons. The highest BCUT2D eigenvalue weighted by Crippen LogP contribution is 1.88. The van der Waals surface area contributed by atoms with Crippen molar-refractivity contribution >= 4 is 12.1 Å². The molecule has 1 N–H and O–H groups in total. The van der Waals surface area contributed by atoms with Crippen LogP contribution < -0.4 is 5.32 Å². The van der Waals surface area contributed by atoms with Crippen molar-refractivity contribution < 1.29 is 4.79 Å². The van der Waals surface area contributed by atoms with Crippen molar-refractivity contribution in [2.45, 2.75) is 6.92 Å². The molecular weight excluding hydrogens is 116 g/mol. The molecule has 0 aromatic carbocycles. The summed E-state index contributed by atoms with van der Waals surface area (Å²) in [4.78, 5) is 14.2. The molecule has 0 aliphatic heterocycles. The lowest BCUT2D eigenvalue weighted by atomic mass is 10.5. The van der Waals surface area contributed by atoms with Crippen molar-refractivity contribution in [3.8, 4) is 0 Å². The van der Waals surface area contributed by atoms with Gasteiger partial charge >= 0.3 is 0 Å². The molecule has 0 rings (SSSR count). The number of amides is 1. The standard InChI is InChI=1S/C6H10N2O/c1-4-8-5(2)6(9)7-3/h4H,2H2,1,3H3,(H,7,9). The number of carbonyl (C=O) groups excluding carboxylic acids is 1. The molecule has 0 bridgehead atoms. The van der Waals surface area contributed by atoms with Crippen LogP contribution in [0.25, 0.3) is 0 Å². The summed E-state index contributed by atoms with van der Waals surface area (Å²) in [5, 5.41) is 2.40. The zero-order valence-electron chi connectivity index (χ0n) is 5.64. The fourth-order valence-corrected chi connectivity index (χ4v) is 0.359. The minimum absolute atomic E-state index is 0.236. The monoisotopic (exact) mass is 126 g/mol. The number of hydrogen-bond acceptors (Lipinski definition) is 2. The van der Waals surface area contributed by atoms with E-state index >= 15 is 0 Å². The number of hydrogen-bond donors (Lipinski definition) is 1. The highest BCUT2D eigenvalue weighted by atomic mass is 16.1. The second-order valence-corrected chi connectivity index (χ2v) is 1.41. The summed E-state index contributed by atoms with van der Waals surface area (Å²) in [5.74, 6) is -0.242. The van der Waals surface area contributed by atoms with Gasteiger partial charge in [-0.1, -0.05) is 6.58 Å². The van der Waals surface area contributed by atoms with Crippen LogP contribution in [0.3, 0.4) is 0 Å². The molecule has 0 heterocycles. The molecule has 0 spiro atoms. The van der Waals surface area contributed by atoms with E-state index in [0.29, 0.717) is 0 Å². The maximum Gasteiger partial charge on any atom is 0.268 e. The van der Waals surface area contributed by atoms with E-state index in [1.165, 1.54) is 6.21 Å². The van der Waals surface area contributed by atoms with E-state index in [4.69, 9.17) is 0 Å². The van der Waals surface area contributed by atoms with E-state index in [1.807, 2.05) is 0 Å². The molecule has 0 aromatic rings. The van der Waals surface area contributed by atoms with Crippen LogP contribution in [0, 0.1) is 0 Å². The molecule has 0 fully saturated rings. The first-order valence-corrected chi connectivity index (χ1v) is 2.62. The number of nitrogens with one attached hydrogen (secondary N) is 1. The van der Waals surface area contributed by atoms with Crippen LogP contribution in [0.1, 0.15) is 6.92 Å². The summed E-state index contributed by atoms with van der Waals surface area (Å²) in [5.41, 5.74) is 0.236. The van der Waals surface area contributed by atoms with Crippen LogP contribution in [0.5, 0.6) is 0 Å². The number of nitrogens with zero attached hydrogens (tertiary/aromatic N) is 1. The summed E-state index contributed by atoms with van der Waals surface area (Å²) >= 11 is 0. The Morgan fingerprint density at radius 1 is 1.78 bits per heavy atom. The zero-order chi connectivity index (χ0) is 7.28. The van der Waals surface area contributed by atoms with E-state index in [2.05, 4.69) is 16.9 Å². The fraction of sp³-hybridized carbons (Fsp3) is 0.333. The highest BCUT2D eigenvalue weighted by molar-refractivity contribution is 5.93. The number of likely N-dealkylation sites (N-methyl/N-ethyl adjacent to an activating group) is 1. The molecule has 0 aliphatic rings. The molecule has 0 atom stereocenters. The molecule has 3 heteroatoms. The van der Waals surface area contributed by atoms with Crippen molar-refractivity contribution in [2.75, 3.05) is 7.05 Å². The van der Waals surface area contributed by atoms with Crippen LogP contribution >= 0.6 is 0 Å². The summed E-state index contributed by atoms with van der Waals surface area (Å²) in [6, 6.07) is 0. The molecule has 9 heavy (non-hydrogen) atoms. The Morgan fingerprint density at radius 3 is 2.67 bits per heavy atom. The third kappa shape index (κ3) is 2.64. The van der Waals surface area contributed by atoms with Crippen molar-refractivity contribution in [3.63, 3.8) is 0 Å². The molecule has 3 nitrogen and oxygen atoms in total. The van der Waals surface area contributed by atoms with Crippen molar-refractivity contribution in [3.05, 3.63) is 12.3 Å². The summed E-state index contributed by atoms with van der Waals surface area (Å²) in [6.07, 6.45) is 1.53. The SMILES string of the molecule is C=C(N=CC)C(=O)NC. The predicted molar refractivity (Wildman–Crippen MR) is 37.4 cm³/mol. The molecule has 1 amide bonds. The molecule has 0 saturated carbocycles. The topological polar surface area (TPSA) is 41.5 Å². The lowest BCUT2D eigenvalue weighted by Crippen LogP contribution is -2.18. The van der Waals surface area contributed by atoms with E-state index in [1.54, 1.807) is 14.0 Å². The Labute approximate surface area is 54.5 Å². The van der Waals surface area contributed by atoms with E-state index < -0.39 is 0 Å². The Bertz CT molecular complexity index is 149. The van der Waals surface area contributed by atoms with Crippen LogP contribution in [0.15, 0.2) is 17.3 Å². The van der Waals surface area contributed by atoms with Gasteiger partial charge in [-0.15, -0.1) is 0 Å². The van der Waals surface area contributed by atoms with Gasteiger partial charge in [-0.2, -0.15) is 0 Å². The first-order chi connectivity index (χ1) is 4.22. The third-order valence-electron chi connectivity index (χ3n) is 0.774. The molecule has 0 aromatic heterocycles. The van der Waals surface area contributed by atoms with Gasteiger partial charge < -0.3 is 5.32 Å². The first kappa shape index (κ1) is 7.88. The van der Waals surface area contributed by atoms with E-state index in [-0.39, 0.29) is 11.6 Å². The van der Waals surface area contributed by atoms with Crippen molar-refractivity contribution in [2.24, 2.45) is 4.99 Å². The average Bonchev–Trinajstić information content (AvgIpc) is 1.87. The quantitative estimate of drug-likeness (QED) is 0.420. The van der Waals surface area contributed by atoms with Gasteiger partial charge in [0.15, 0.2) is 0 Å². The van der Waals surface area contributed by atoms with Gasteiger partial charge in [0, 0.05) is 13.3 Å². The smallest absolute Gasteiger partial charge is 0.268 e. The minimum atomic E-state index is -0.242. The number of rotatable bonds is 2. The Morgan fingerprint density at radius 2 is 2.33 bits per heavy atom. The van der Waals surface area contributed by atoms with Crippen LogP contribution in [0.2, 0.25) is 0 Å². The maximum absolute atomic E-state index is 10.6. The summed E-state index contributed by atoms with van der Waals surface area (Å²) in [7, 11) is 1.54. The van der Waals surface area contributed by atoms with E-state index in [0.717, 1.165) is 0 Å². The lowest BCUT2D eigenvalue weighted by Gasteiger charge is -1.93. The Kier molecular flexibility index (Phi) is 3.35. The van der Waals surface area contributed by atoms with Gasteiger partial charge in [-0.05, 0) is 6.92 Å². The Hall–Kier alpha value is -1.12. The zero-order valence-corrected chi connectivity index (χ0v) is 5.64. The number of aliphatic imine (C=N–C) groups is 1. The van der Waals surface area contributed by atoms with Gasteiger partial charge in [-0.3, -0.25) is 9.79 Å². The molecule has 0 unspecified atom stereocenters. The minimum Gasteiger partial charge on any atom is -0.354 e. The summed E-state index contributed by atoms with van der Waals surface area (Å²) < 4.78 is 0. The predicted octanol–water partition coefficient (Wildman–Crippen LogP) is 0.337.